The first-order chi connectivity index (χ1) is 7.03. The van der Waals surface area contributed by atoms with E-state index in [4.69, 9.17) is 16.3 Å². The molecule has 0 bridgehead atoms. The van der Waals surface area contributed by atoms with Crippen LogP contribution in [0.4, 0.5) is 5.69 Å². The smallest absolute Gasteiger partial charge is 0.268 e. The molecule has 0 unspecified atom stereocenters. The van der Waals surface area contributed by atoms with Crippen molar-refractivity contribution in [3.63, 3.8) is 0 Å². The van der Waals surface area contributed by atoms with Gasteiger partial charge in [-0.1, -0.05) is 6.07 Å². The van der Waals surface area contributed by atoms with E-state index in [9.17, 15) is 4.79 Å². The number of anilines is 1. The van der Waals surface area contributed by atoms with Crippen LogP contribution in [-0.4, -0.2) is 11.5 Å². The third kappa shape index (κ3) is 1.79. The highest BCUT2D eigenvalue weighted by Gasteiger charge is 2.35. The maximum atomic E-state index is 11.6. The Kier molecular flexibility index (Phi) is 2.35. The third-order valence-electron chi connectivity index (χ3n) is 2.36. The Hall–Kier alpha value is -1.22. The van der Waals surface area contributed by atoms with Crippen LogP contribution < -0.4 is 10.1 Å². The van der Waals surface area contributed by atoms with E-state index in [2.05, 4.69) is 5.32 Å². The van der Waals surface area contributed by atoms with Gasteiger partial charge in [0, 0.05) is 5.88 Å². The number of ether oxygens (including phenoxy) is 1. The van der Waals surface area contributed by atoms with E-state index in [0.29, 0.717) is 17.3 Å². The fourth-order valence-electron chi connectivity index (χ4n) is 1.43. The highest BCUT2D eigenvalue weighted by molar-refractivity contribution is 6.17. The number of halogens is 1. The Morgan fingerprint density at radius 1 is 1.47 bits per heavy atom. The lowest BCUT2D eigenvalue weighted by Gasteiger charge is -2.31. The standard InChI is InChI=1S/C11H12ClNO2/c1-11(2)10(14)13-8-4-3-7(6-12)5-9(8)15-11/h3-5H,6H2,1-2H3,(H,13,14). The first kappa shape index (κ1) is 10.3. The first-order valence-electron chi connectivity index (χ1n) is 4.72. The van der Waals surface area contributed by atoms with Crippen LogP contribution in [0.15, 0.2) is 18.2 Å². The lowest BCUT2D eigenvalue weighted by atomic mass is 10.1. The SMILES string of the molecule is CC1(C)Oc2cc(CCl)ccc2NC1=O. The number of alkyl halides is 1. The van der Waals surface area contributed by atoms with Gasteiger partial charge in [0.25, 0.3) is 5.91 Å². The van der Waals surface area contributed by atoms with Gasteiger partial charge in [-0.25, -0.2) is 0 Å². The molecule has 2 rings (SSSR count). The molecular formula is C11H12ClNO2. The van der Waals surface area contributed by atoms with E-state index in [0.717, 1.165) is 5.56 Å². The molecule has 1 heterocycles. The van der Waals surface area contributed by atoms with E-state index in [-0.39, 0.29) is 5.91 Å². The zero-order chi connectivity index (χ0) is 11.1. The Bertz CT molecular complexity index is 415. The van der Waals surface area contributed by atoms with E-state index in [1.165, 1.54) is 0 Å². The molecule has 1 N–H and O–H groups in total. The molecule has 0 radical (unpaired) electrons. The number of fused-ring (bicyclic) bond motifs is 1. The van der Waals surface area contributed by atoms with Gasteiger partial charge in [0.1, 0.15) is 5.75 Å². The van der Waals surface area contributed by atoms with Gasteiger partial charge in [-0.05, 0) is 31.5 Å². The van der Waals surface area contributed by atoms with Crippen molar-refractivity contribution in [1.29, 1.82) is 0 Å². The summed E-state index contributed by atoms with van der Waals surface area (Å²) >= 11 is 5.73. The molecule has 0 saturated carbocycles. The Balaban J connectivity index is 2.42. The van der Waals surface area contributed by atoms with E-state index in [1.54, 1.807) is 19.9 Å². The van der Waals surface area contributed by atoms with Crippen molar-refractivity contribution in [2.75, 3.05) is 5.32 Å². The third-order valence-corrected chi connectivity index (χ3v) is 2.67. The Morgan fingerprint density at radius 3 is 2.87 bits per heavy atom. The molecule has 0 aromatic heterocycles. The van der Waals surface area contributed by atoms with E-state index in [1.807, 2.05) is 12.1 Å². The predicted octanol–water partition coefficient (Wildman–Crippen LogP) is 2.53. The maximum Gasteiger partial charge on any atom is 0.268 e. The van der Waals surface area contributed by atoms with Crippen molar-refractivity contribution in [3.05, 3.63) is 23.8 Å². The number of amides is 1. The minimum atomic E-state index is -0.821. The van der Waals surface area contributed by atoms with Gasteiger partial charge in [-0.3, -0.25) is 4.79 Å². The van der Waals surface area contributed by atoms with Crippen molar-refractivity contribution in [2.45, 2.75) is 25.3 Å². The fourth-order valence-corrected chi connectivity index (χ4v) is 1.60. The fraction of sp³-hybridized carbons (Fsp3) is 0.364. The van der Waals surface area contributed by atoms with Gasteiger partial charge in [-0.2, -0.15) is 0 Å². The number of rotatable bonds is 1. The van der Waals surface area contributed by atoms with E-state index >= 15 is 0 Å². The van der Waals surface area contributed by atoms with Crippen molar-refractivity contribution in [1.82, 2.24) is 0 Å². The second kappa shape index (κ2) is 3.42. The highest BCUT2D eigenvalue weighted by Crippen LogP contribution is 2.34. The number of carbonyl (C=O) groups excluding carboxylic acids is 1. The number of hydrogen-bond donors (Lipinski definition) is 1. The Morgan fingerprint density at radius 2 is 2.20 bits per heavy atom. The molecule has 1 aliphatic heterocycles. The molecule has 0 spiro atoms. The number of carbonyl (C=O) groups is 1. The quantitative estimate of drug-likeness (QED) is 0.746. The predicted molar refractivity (Wildman–Crippen MR) is 59.3 cm³/mol. The number of benzene rings is 1. The van der Waals surface area contributed by atoms with Crippen LogP contribution in [0.25, 0.3) is 0 Å². The summed E-state index contributed by atoms with van der Waals surface area (Å²) in [5.74, 6) is 0.983. The zero-order valence-corrected chi connectivity index (χ0v) is 9.39. The van der Waals surface area contributed by atoms with Crippen molar-refractivity contribution < 1.29 is 9.53 Å². The van der Waals surface area contributed by atoms with Crippen LogP contribution in [0, 0.1) is 0 Å². The van der Waals surface area contributed by atoms with Crippen LogP contribution in [0.3, 0.4) is 0 Å². The molecule has 0 fully saturated rings. The summed E-state index contributed by atoms with van der Waals surface area (Å²) in [6.07, 6.45) is 0. The molecule has 0 atom stereocenters. The van der Waals surface area contributed by atoms with E-state index < -0.39 is 5.60 Å². The first-order valence-corrected chi connectivity index (χ1v) is 5.26. The van der Waals surface area contributed by atoms with Crippen molar-refractivity contribution >= 4 is 23.2 Å². The average Bonchev–Trinajstić information content (AvgIpc) is 2.18. The minimum Gasteiger partial charge on any atom is -0.476 e. The second-order valence-corrected chi connectivity index (χ2v) is 4.30. The van der Waals surface area contributed by atoms with Gasteiger partial charge >= 0.3 is 0 Å². The summed E-state index contributed by atoms with van der Waals surface area (Å²) < 4.78 is 5.60. The Labute approximate surface area is 93.4 Å². The molecule has 80 valence electrons. The van der Waals surface area contributed by atoms with Gasteiger partial charge in [0.15, 0.2) is 5.60 Å². The molecular weight excluding hydrogens is 214 g/mol. The average molecular weight is 226 g/mol. The van der Waals surface area contributed by atoms with Crippen molar-refractivity contribution in [2.24, 2.45) is 0 Å². The molecule has 4 heteroatoms. The van der Waals surface area contributed by atoms with Crippen LogP contribution >= 0.6 is 11.6 Å². The molecule has 3 nitrogen and oxygen atoms in total. The summed E-state index contributed by atoms with van der Waals surface area (Å²) in [5, 5.41) is 2.79. The molecule has 1 amide bonds. The molecule has 0 aliphatic carbocycles. The van der Waals surface area contributed by atoms with Crippen LogP contribution in [0.5, 0.6) is 5.75 Å². The summed E-state index contributed by atoms with van der Waals surface area (Å²) in [6.45, 7) is 3.47. The molecule has 15 heavy (non-hydrogen) atoms. The van der Waals surface area contributed by atoms with Crippen LogP contribution in [0.2, 0.25) is 0 Å². The lowest BCUT2D eigenvalue weighted by Crippen LogP contribution is -2.45. The summed E-state index contributed by atoms with van der Waals surface area (Å²) in [5.41, 5.74) is 0.855. The monoisotopic (exact) mass is 225 g/mol. The largest absolute Gasteiger partial charge is 0.476 e. The topological polar surface area (TPSA) is 38.3 Å². The number of nitrogens with one attached hydrogen (secondary N) is 1. The lowest BCUT2D eigenvalue weighted by molar-refractivity contribution is -0.129. The molecule has 1 aromatic rings. The molecule has 0 saturated heterocycles. The summed E-state index contributed by atoms with van der Waals surface area (Å²) in [6, 6.07) is 5.53. The molecule has 1 aromatic carbocycles. The number of hydrogen-bond acceptors (Lipinski definition) is 2. The van der Waals surface area contributed by atoms with Crippen molar-refractivity contribution in [3.8, 4) is 5.75 Å². The van der Waals surface area contributed by atoms with Gasteiger partial charge < -0.3 is 10.1 Å². The normalized spacial score (nSPS) is 17.7. The second-order valence-electron chi connectivity index (χ2n) is 4.03. The summed E-state index contributed by atoms with van der Waals surface area (Å²) in [7, 11) is 0. The van der Waals surface area contributed by atoms with Gasteiger partial charge in [0.2, 0.25) is 0 Å². The van der Waals surface area contributed by atoms with Crippen LogP contribution in [0.1, 0.15) is 19.4 Å². The zero-order valence-electron chi connectivity index (χ0n) is 8.63. The van der Waals surface area contributed by atoms with Gasteiger partial charge in [-0.15, -0.1) is 11.6 Å². The maximum absolute atomic E-state index is 11.6. The molecule has 1 aliphatic rings. The summed E-state index contributed by atoms with van der Waals surface area (Å²) in [4.78, 5) is 11.6. The highest BCUT2D eigenvalue weighted by atomic mass is 35.5. The van der Waals surface area contributed by atoms with Gasteiger partial charge in [0.05, 0.1) is 5.69 Å². The minimum absolute atomic E-state index is 0.131. The van der Waals surface area contributed by atoms with Crippen LogP contribution in [-0.2, 0) is 10.7 Å².